The standard InChI is InChI=1S/C26H26N4O4/c1-32-19-8-6-7-18(13-19)14-20-15-27-26(34-20)23-11-4-5-12-30(23)24(31)16-33-25-21-9-2-3-10-22(21)28-17-29-25/h2-3,6-10,13,15,17,23H,4-5,11-12,14,16H2,1H3/t23-/m1/s1. The van der Waals surface area contributed by atoms with Crippen LogP contribution in [0.15, 0.2) is 65.5 Å². The summed E-state index contributed by atoms with van der Waals surface area (Å²) in [6.45, 7) is 0.542. The van der Waals surface area contributed by atoms with Crippen molar-refractivity contribution < 1.29 is 18.7 Å². The van der Waals surface area contributed by atoms with Crippen LogP contribution in [0.3, 0.4) is 0 Å². The van der Waals surface area contributed by atoms with Crippen LogP contribution < -0.4 is 9.47 Å². The van der Waals surface area contributed by atoms with E-state index in [2.05, 4.69) is 15.0 Å². The van der Waals surface area contributed by atoms with Gasteiger partial charge in [0, 0.05) is 13.0 Å². The normalized spacial score (nSPS) is 15.9. The number of piperidine rings is 1. The van der Waals surface area contributed by atoms with E-state index in [1.165, 1.54) is 6.33 Å². The molecule has 0 saturated carbocycles. The van der Waals surface area contributed by atoms with E-state index in [4.69, 9.17) is 13.9 Å². The maximum atomic E-state index is 13.1. The van der Waals surface area contributed by atoms with Gasteiger partial charge in [0.2, 0.25) is 11.8 Å². The summed E-state index contributed by atoms with van der Waals surface area (Å²) in [6, 6.07) is 15.2. The van der Waals surface area contributed by atoms with Gasteiger partial charge in [-0.1, -0.05) is 24.3 Å². The minimum Gasteiger partial charge on any atom is -0.497 e. The van der Waals surface area contributed by atoms with E-state index < -0.39 is 0 Å². The third kappa shape index (κ3) is 4.71. The summed E-state index contributed by atoms with van der Waals surface area (Å²) in [5.41, 5.74) is 1.85. The van der Waals surface area contributed by atoms with Gasteiger partial charge in [0.1, 0.15) is 23.9 Å². The lowest BCUT2D eigenvalue weighted by molar-refractivity contribution is -0.137. The number of nitrogens with zero attached hydrogens (tertiary/aromatic N) is 4. The van der Waals surface area contributed by atoms with E-state index in [0.29, 0.717) is 24.7 Å². The van der Waals surface area contributed by atoms with E-state index in [1.54, 1.807) is 13.3 Å². The van der Waals surface area contributed by atoms with Crippen LogP contribution in [0.25, 0.3) is 10.9 Å². The zero-order valence-electron chi connectivity index (χ0n) is 19.0. The zero-order chi connectivity index (χ0) is 23.3. The van der Waals surface area contributed by atoms with Crippen molar-refractivity contribution in [3.63, 3.8) is 0 Å². The molecular formula is C26H26N4O4. The molecule has 0 aliphatic carbocycles. The Morgan fingerprint density at radius 1 is 1.12 bits per heavy atom. The van der Waals surface area contributed by atoms with E-state index >= 15 is 0 Å². The van der Waals surface area contributed by atoms with Crippen molar-refractivity contribution in [1.82, 2.24) is 19.9 Å². The lowest BCUT2D eigenvalue weighted by atomic mass is 10.0. The Bertz CT molecular complexity index is 1280. The number of amides is 1. The Balaban J connectivity index is 1.28. The number of para-hydroxylation sites is 1. The van der Waals surface area contributed by atoms with Gasteiger partial charge in [-0.15, -0.1) is 0 Å². The number of carbonyl (C=O) groups is 1. The van der Waals surface area contributed by atoms with E-state index in [0.717, 1.165) is 47.2 Å². The van der Waals surface area contributed by atoms with E-state index in [-0.39, 0.29) is 18.6 Å². The lowest BCUT2D eigenvalue weighted by Crippen LogP contribution is -2.41. The first kappa shape index (κ1) is 21.9. The molecule has 8 nitrogen and oxygen atoms in total. The van der Waals surface area contributed by atoms with Crippen molar-refractivity contribution >= 4 is 16.8 Å². The minimum absolute atomic E-state index is 0.102. The van der Waals surface area contributed by atoms with E-state index in [9.17, 15) is 4.79 Å². The molecule has 1 aliphatic heterocycles. The van der Waals surface area contributed by atoms with Gasteiger partial charge >= 0.3 is 0 Å². The summed E-state index contributed by atoms with van der Waals surface area (Å²) in [5.74, 6) is 2.42. The number of hydrogen-bond acceptors (Lipinski definition) is 7. The van der Waals surface area contributed by atoms with Gasteiger partial charge in [-0.2, -0.15) is 0 Å². The topological polar surface area (TPSA) is 90.6 Å². The van der Waals surface area contributed by atoms with Gasteiger partial charge < -0.3 is 18.8 Å². The molecule has 1 atom stereocenters. The Labute approximate surface area is 197 Å². The second-order valence-corrected chi connectivity index (χ2v) is 8.28. The number of hydrogen-bond donors (Lipinski definition) is 0. The van der Waals surface area contributed by atoms with Crippen LogP contribution in [-0.4, -0.2) is 46.0 Å². The van der Waals surface area contributed by atoms with Crippen molar-refractivity contribution in [3.05, 3.63) is 78.3 Å². The quantitative estimate of drug-likeness (QED) is 0.407. The predicted octanol–water partition coefficient (Wildman–Crippen LogP) is 4.35. The summed E-state index contributed by atoms with van der Waals surface area (Å²) < 4.78 is 17.2. The number of carbonyl (C=O) groups excluding carboxylic acids is 1. The fourth-order valence-electron chi connectivity index (χ4n) is 4.34. The number of fused-ring (bicyclic) bond motifs is 1. The molecule has 8 heteroatoms. The maximum Gasteiger partial charge on any atom is 0.261 e. The highest BCUT2D eigenvalue weighted by molar-refractivity contribution is 5.84. The molecule has 34 heavy (non-hydrogen) atoms. The molecular weight excluding hydrogens is 432 g/mol. The molecule has 0 N–H and O–H groups in total. The monoisotopic (exact) mass is 458 g/mol. The molecule has 0 radical (unpaired) electrons. The number of ether oxygens (including phenoxy) is 2. The first-order valence-electron chi connectivity index (χ1n) is 11.4. The smallest absolute Gasteiger partial charge is 0.261 e. The summed E-state index contributed by atoms with van der Waals surface area (Å²) in [7, 11) is 1.65. The molecule has 5 rings (SSSR count). The molecule has 1 fully saturated rings. The Kier molecular flexibility index (Phi) is 6.38. The number of oxazole rings is 1. The second kappa shape index (κ2) is 9.91. The molecule has 2 aromatic carbocycles. The fraction of sp³-hybridized carbons (Fsp3) is 0.308. The van der Waals surface area contributed by atoms with Crippen molar-refractivity contribution in [1.29, 1.82) is 0 Å². The molecule has 3 heterocycles. The molecule has 0 bridgehead atoms. The van der Waals surface area contributed by atoms with Crippen molar-refractivity contribution in [2.45, 2.75) is 31.7 Å². The molecule has 1 aliphatic rings. The van der Waals surface area contributed by atoms with Gasteiger partial charge in [0.05, 0.1) is 24.2 Å². The number of aromatic nitrogens is 3. The molecule has 2 aromatic heterocycles. The van der Waals surface area contributed by atoms with Gasteiger partial charge in [-0.05, 0) is 49.1 Å². The number of methoxy groups -OCH3 is 1. The van der Waals surface area contributed by atoms with Gasteiger partial charge in [0.15, 0.2) is 6.61 Å². The third-order valence-electron chi connectivity index (χ3n) is 6.03. The first-order valence-corrected chi connectivity index (χ1v) is 11.4. The summed E-state index contributed by atoms with van der Waals surface area (Å²) in [5, 5.41) is 0.780. The number of rotatable bonds is 7. The maximum absolute atomic E-state index is 13.1. The first-order chi connectivity index (χ1) is 16.7. The highest BCUT2D eigenvalue weighted by Gasteiger charge is 2.31. The molecule has 0 unspecified atom stereocenters. The SMILES string of the molecule is COc1cccc(Cc2cnc([C@H]3CCCCN3C(=O)COc3ncnc4ccccc34)o2)c1. The highest BCUT2D eigenvalue weighted by Crippen LogP contribution is 2.31. The molecule has 4 aromatic rings. The van der Waals surface area contributed by atoms with Crippen LogP contribution in [0.5, 0.6) is 11.6 Å². The zero-order valence-corrected chi connectivity index (χ0v) is 19.0. The predicted molar refractivity (Wildman–Crippen MR) is 126 cm³/mol. The van der Waals surface area contributed by atoms with Crippen LogP contribution in [0.2, 0.25) is 0 Å². The fourth-order valence-corrected chi connectivity index (χ4v) is 4.34. The Hall–Kier alpha value is -3.94. The summed E-state index contributed by atoms with van der Waals surface area (Å²) >= 11 is 0. The van der Waals surface area contributed by atoms with Crippen LogP contribution in [0.1, 0.15) is 42.5 Å². The molecule has 1 amide bonds. The largest absolute Gasteiger partial charge is 0.497 e. The number of likely N-dealkylation sites (tertiary alicyclic amines) is 1. The number of benzene rings is 2. The molecule has 174 valence electrons. The van der Waals surface area contributed by atoms with Crippen LogP contribution in [0.4, 0.5) is 0 Å². The van der Waals surface area contributed by atoms with Crippen molar-refractivity contribution in [2.75, 3.05) is 20.3 Å². The Morgan fingerprint density at radius 2 is 2.03 bits per heavy atom. The third-order valence-corrected chi connectivity index (χ3v) is 6.03. The summed E-state index contributed by atoms with van der Waals surface area (Å²) in [4.78, 5) is 27.9. The molecule has 0 spiro atoms. The average Bonchev–Trinajstić information content (AvgIpc) is 3.35. The van der Waals surface area contributed by atoms with Gasteiger partial charge in [0.25, 0.3) is 5.91 Å². The van der Waals surface area contributed by atoms with Crippen LogP contribution >= 0.6 is 0 Å². The molecule has 1 saturated heterocycles. The summed E-state index contributed by atoms with van der Waals surface area (Å²) in [6.07, 6.45) is 6.56. The van der Waals surface area contributed by atoms with Crippen LogP contribution in [0, 0.1) is 0 Å². The van der Waals surface area contributed by atoms with Crippen molar-refractivity contribution in [2.24, 2.45) is 0 Å². The second-order valence-electron chi connectivity index (χ2n) is 8.28. The van der Waals surface area contributed by atoms with E-state index in [1.807, 2.05) is 53.4 Å². The highest BCUT2D eigenvalue weighted by atomic mass is 16.5. The van der Waals surface area contributed by atoms with Crippen LogP contribution in [-0.2, 0) is 11.2 Å². The average molecular weight is 459 g/mol. The van der Waals surface area contributed by atoms with Gasteiger partial charge in [-0.25, -0.2) is 15.0 Å². The van der Waals surface area contributed by atoms with Gasteiger partial charge in [-0.3, -0.25) is 4.79 Å². The Morgan fingerprint density at radius 3 is 2.94 bits per heavy atom. The lowest BCUT2D eigenvalue weighted by Gasteiger charge is -2.33. The minimum atomic E-state index is -0.203. The van der Waals surface area contributed by atoms with Crippen molar-refractivity contribution in [3.8, 4) is 11.6 Å².